The van der Waals surface area contributed by atoms with E-state index < -0.39 is 12.1 Å². The summed E-state index contributed by atoms with van der Waals surface area (Å²) in [7, 11) is 0. The topological polar surface area (TPSA) is 43.4 Å². The molecule has 0 aliphatic carbocycles. The Balaban J connectivity index is 1.84. The fourth-order valence-electron chi connectivity index (χ4n) is 2.83. The van der Waals surface area contributed by atoms with E-state index in [1.165, 1.54) is 0 Å². The summed E-state index contributed by atoms with van der Waals surface area (Å²) in [5, 5.41) is 0. The SMILES string of the molecule is Cc1ccc(C(=O)[C@H](OC(=O)Cc2ccc(Br)cc2)c2ccc(C)cc2)cc1. The van der Waals surface area contributed by atoms with Gasteiger partial charge in [-0.2, -0.15) is 0 Å². The Labute approximate surface area is 173 Å². The molecule has 0 N–H and O–H groups in total. The predicted molar refractivity (Wildman–Crippen MR) is 113 cm³/mol. The fraction of sp³-hybridized carbons (Fsp3) is 0.167. The molecular weight excluding hydrogens is 416 g/mol. The first-order chi connectivity index (χ1) is 13.4. The van der Waals surface area contributed by atoms with Gasteiger partial charge in [-0.15, -0.1) is 0 Å². The molecule has 4 heteroatoms. The van der Waals surface area contributed by atoms with Gasteiger partial charge in [-0.25, -0.2) is 0 Å². The summed E-state index contributed by atoms with van der Waals surface area (Å²) in [6, 6.07) is 22.2. The molecular formula is C24H21BrO3. The predicted octanol–water partition coefficient (Wildman–Crippen LogP) is 5.78. The number of carbonyl (C=O) groups is 2. The number of carbonyl (C=O) groups excluding carboxylic acids is 2. The third kappa shape index (κ3) is 5.17. The van der Waals surface area contributed by atoms with E-state index >= 15 is 0 Å². The second-order valence-corrected chi connectivity index (χ2v) is 7.73. The zero-order valence-electron chi connectivity index (χ0n) is 15.8. The van der Waals surface area contributed by atoms with Crippen molar-refractivity contribution in [2.45, 2.75) is 26.4 Å². The molecule has 0 aliphatic rings. The van der Waals surface area contributed by atoms with Crippen molar-refractivity contribution in [2.24, 2.45) is 0 Å². The van der Waals surface area contributed by atoms with Crippen LogP contribution in [0.2, 0.25) is 0 Å². The largest absolute Gasteiger partial charge is 0.449 e. The van der Waals surface area contributed by atoms with E-state index in [2.05, 4.69) is 15.9 Å². The van der Waals surface area contributed by atoms with Crippen LogP contribution in [0.15, 0.2) is 77.3 Å². The number of Topliss-reactive ketones (excluding diaryl/α,β-unsaturated/α-hetero) is 1. The molecule has 0 fully saturated rings. The Bertz CT molecular complexity index is 958. The number of aryl methyl sites for hydroxylation is 2. The number of halogens is 1. The van der Waals surface area contributed by atoms with Crippen molar-refractivity contribution >= 4 is 27.7 Å². The molecule has 3 nitrogen and oxygen atoms in total. The fourth-order valence-corrected chi connectivity index (χ4v) is 3.09. The van der Waals surface area contributed by atoms with Gasteiger partial charge in [0.1, 0.15) is 0 Å². The summed E-state index contributed by atoms with van der Waals surface area (Å²) >= 11 is 3.38. The van der Waals surface area contributed by atoms with E-state index in [0.717, 1.165) is 21.2 Å². The van der Waals surface area contributed by atoms with Crippen molar-refractivity contribution in [3.63, 3.8) is 0 Å². The molecule has 0 unspecified atom stereocenters. The van der Waals surface area contributed by atoms with Gasteiger partial charge in [0.15, 0.2) is 6.10 Å². The van der Waals surface area contributed by atoms with Crippen molar-refractivity contribution in [1.29, 1.82) is 0 Å². The van der Waals surface area contributed by atoms with Crippen LogP contribution in [0.25, 0.3) is 0 Å². The average molecular weight is 437 g/mol. The van der Waals surface area contributed by atoms with Crippen LogP contribution in [0, 0.1) is 13.8 Å². The molecule has 0 spiro atoms. The smallest absolute Gasteiger partial charge is 0.311 e. The molecule has 0 amide bonds. The molecule has 0 heterocycles. The Morgan fingerprint density at radius 3 is 1.93 bits per heavy atom. The van der Waals surface area contributed by atoms with Crippen molar-refractivity contribution < 1.29 is 14.3 Å². The average Bonchev–Trinajstić information content (AvgIpc) is 2.69. The van der Waals surface area contributed by atoms with Crippen LogP contribution in [0.5, 0.6) is 0 Å². The van der Waals surface area contributed by atoms with Crippen LogP contribution >= 0.6 is 15.9 Å². The molecule has 0 radical (unpaired) electrons. The third-order valence-electron chi connectivity index (χ3n) is 4.47. The van der Waals surface area contributed by atoms with E-state index in [-0.39, 0.29) is 12.2 Å². The first-order valence-electron chi connectivity index (χ1n) is 9.04. The van der Waals surface area contributed by atoms with Crippen molar-refractivity contribution in [3.8, 4) is 0 Å². The zero-order valence-corrected chi connectivity index (χ0v) is 17.4. The second-order valence-electron chi connectivity index (χ2n) is 6.81. The number of hydrogen-bond acceptors (Lipinski definition) is 3. The number of ketones is 1. The lowest BCUT2D eigenvalue weighted by atomic mass is 9.98. The number of benzene rings is 3. The molecule has 0 aromatic heterocycles. The van der Waals surface area contributed by atoms with Gasteiger partial charge < -0.3 is 4.74 Å². The normalized spacial score (nSPS) is 11.7. The molecule has 0 saturated carbocycles. The number of hydrogen-bond donors (Lipinski definition) is 0. The van der Waals surface area contributed by atoms with Gasteiger partial charge >= 0.3 is 5.97 Å². The van der Waals surface area contributed by atoms with Gasteiger partial charge in [0, 0.05) is 15.6 Å². The summed E-state index contributed by atoms with van der Waals surface area (Å²) in [6.07, 6.45) is -0.858. The molecule has 3 aromatic carbocycles. The molecule has 1 atom stereocenters. The highest BCUT2D eigenvalue weighted by atomic mass is 79.9. The van der Waals surface area contributed by atoms with E-state index in [1.807, 2.05) is 74.5 Å². The second kappa shape index (κ2) is 8.98. The highest BCUT2D eigenvalue weighted by Crippen LogP contribution is 2.24. The summed E-state index contributed by atoms with van der Waals surface area (Å²) < 4.78 is 6.60. The lowest BCUT2D eigenvalue weighted by molar-refractivity contribution is -0.146. The first-order valence-corrected chi connectivity index (χ1v) is 9.83. The van der Waals surface area contributed by atoms with Crippen LogP contribution in [-0.4, -0.2) is 11.8 Å². The van der Waals surface area contributed by atoms with Crippen molar-refractivity contribution in [3.05, 3.63) is 105 Å². The van der Waals surface area contributed by atoms with Crippen molar-refractivity contribution in [1.82, 2.24) is 0 Å². The molecule has 3 aromatic rings. The molecule has 0 bridgehead atoms. The van der Waals surface area contributed by atoms with Gasteiger partial charge in [0.05, 0.1) is 6.42 Å². The summed E-state index contributed by atoms with van der Waals surface area (Å²) in [5.74, 6) is -0.665. The highest BCUT2D eigenvalue weighted by Gasteiger charge is 2.26. The van der Waals surface area contributed by atoms with Crippen LogP contribution in [0.1, 0.15) is 38.7 Å². The maximum Gasteiger partial charge on any atom is 0.311 e. The summed E-state index contributed by atoms with van der Waals surface area (Å²) in [5.41, 5.74) is 4.16. The van der Waals surface area contributed by atoms with Gasteiger partial charge in [0.25, 0.3) is 0 Å². The quantitative estimate of drug-likeness (QED) is 0.363. The number of ether oxygens (including phenoxy) is 1. The molecule has 28 heavy (non-hydrogen) atoms. The van der Waals surface area contributed by atoms with Crippen molar-refractivity contribution in [2.75, 3.05) is 0 Å². The standard InChI is InChI=1S/C24H21BrO3/c1-16-3-9-19(10-4-16)23(27)24(20-11-5-17(2)6-12-20)28-22(26)15-18-7-13-21(25)14-8-18/h3-14,24H,15H2,1-2H3/t24-/m1/s1. The number of rotatable bonds is 6. The lowest BCUT2D eigenvalue weighted by Crippen LogP contribution is -2.21. The van der Waals surface area contributed by atoms with Gasteiger partial charge in [0.2, 0.25) is 5.78 Å². The van der Waals surface area contributed by atoms with E-state index in [9.17, 15) is 9.59 Å². The summed E-state index contributed by atoms with van der Waals surface area (Å²) in [4.78, 5) is 25.6. The number of esters is 1. The van der Waals surface area contributed by atoms with Gasteiger partial charge in [-0.3, -0.25) is 9.59 Å². The van der Waals surface area contributed by atoms with Crippen LogP contribution in [0.3, 0.4) is 0 Å². The van der Waals surface area contributed by atoms with E-state index in [0.29, 0.717) is 11.1 Å². The maximum atomic E-state index is 13.1. The van der Waals surface area contributed by atoms with Gasteiger partial charge in [-0.05, 0) is 31.5 Å². The minimum absolute atomic E-state index is 0.108. The lowest BCUT2D eigenvalue weighted by Gasteiger charge is -2.18. The zero-order chi connectivity index (χ0) is 20.1. The van der Waals surface area contributed by atoms with E-state index in [1.54, 1.807) is 12.1 Å². The Hall–Kier alpha value is -2.72. The molecule has 0 aliphatic heterocycles. The van der Waals surface area contributed by atoms with Crippen LogP contribution in [0.4, 0.5) is 0 Å². The van der Waals surface area contributed by atoms with E-state index in [4.69, 9.17) is 4.74 Å². The monoisotopic (exact) mass is 436 g/mol. The van der Waals surface area contributed by atoms with Crippen LogP contribution < -0.4 is 0 Å². The highest BCUT2D eigenvalue weighted by molar-refractivity contribution is 9.10. The van der Waals surface area contributed by atoms with Gasteiger partial charge in [-0.1, -0.05) is 87.7 Å². The minimum Gasteiger partial charge on any atom is -0.449 e. The molecule has 142 valence electrons. The molecule has 0 saturated heterocycles. The Morgan fingerprint density at radius 1 is 0.821 bits per heavy atom. The minimum atomic E-state index is -0.966. The Morgan fingerprint density at radius 2 is 1.36 bits per heavy atom. The third-order valence-corrected chi connectivity index (χ3v) is 4.99. The maximum absolute atomic E-state index is 13.1. The van der Waals surface area contributed by atoms with Crippen LogP contribution in [-0.2, 0) is 16.0 Å². The Kier molecular flexibility index (Phi) is 6.42. The molecule has 3 rings (SSSR count). The summed E-state index contributed by atoms with van der Waals surface area (Å²) in [6.45, 7) is 3.93. The first kappa shape index (κ1) is 20.0.